The van der Waals surface area contributed by atoms with Gasteiger partial charge in [-0.25, -0.2) is 0 Å². The van der Waals surface area contributed by atoms with Gasteiger partial charge < -0.3 is 4.74 Å². The molecule has 0 bridgehead atoms. The Hall–Kier alpha value is -0.380. The van der Waals surface area contributed by atoms with Crippen LogP contribution < -0.4 is 0 Å². The molecule has 3 nitrogen and oxygen atoms in total. The molecule has 0 atom stereocenters. The first-order chi connectivity index (χ1) is 3.13. The highest BCUT2D eigenvalue weighted by Crippen LogP contribution is 1.86. The van der Waals surface area contributed by atoms with Gasteiger partial charge >= 0.3 is 0 Å². The molecular formula is C3H5BrN2O. The lowest BCUT2D eigenvalue weighted by atomic mass is 10.8. The molecule has 0 radical (unpaired) electrons. The second-order valence-electron chi connectivity index (χ2n) is 0.932. The van der Waals surface area contributed by atoms with Crippen molar-refractivity contribution >= 4 is 26.6 Å². The Morgan fingerprint density at radius 3 is 2.00 bits per heavy atom. The first-order valence-corrected chi connectivity index (χ1v) is 2.39. The van der Waals surface area contributed by atoms with Gasteiger partial charge in [0.1, 0.15) is 0 Å². The van der Waals surface area contributed by atoms with Crippen molar-refractivity contribution in [2.24, 2.45) is 0 Å². The zero-order chi connectivity index (χ0) is 5.86. The second-order valence-corrected chi connectivity index (χ2v) is 1.65. The Balaban J connectivity index is 3.32. The third kappa shape index (κ3) is 5.62. The number of rotatable bonds is 0. The molecule has 0 rings (SSSR count). The first kappa shape index (κ1) is 6.62. The van der Waals surface area contributed by atoms with Crippen molar-refractivity contribution < 1.29 is 4.74 Å². The molecule has 0 aliphatic heterocycles. The second kappa shape index (κ2) is 2.74. The average Bonchev–Trinajstić information content (AvgIpc) is 1.27. The quantitative estimate of drug-likeness (QED) is 0.412. The minimum atomic E-state index is -0.125. The monoisotopic (exact) mass is 164 g/mol. The summed E-state index contributed by atoms with van der Waals surface area (Å²) >= 11 is 2.70. The normalized spacial score (nSPS) is 7.71. The minimum absolute atomic E-state index is 0.0156. The van der Waals surface area contributed by atoms with E-state index in [9.17, 15) is 0 Å². The molecule has 0 unspecified atom stereocenters. The minimum Gasteiger partial charge on any atom is -0.420 e. The third-order valence-corrected chi connectivity index (χ3v) is 0.405. The van der Waals surface area contributed by atoms with E-state index in [0.29, 0.717) is 0 Å². The van der Waals surface area contributed by atoms with Crippen LogP contribution in [0, 0.1) is 10.8 Å². The molecule has 0 aliphatic carbocycles. The van der Waals surface area contributed by atoms with E-state index in [2.05, 4.69) is 20.7 Å². The van der Waals surface area contributed by atoms with Gasteiger partial charge in [0, 0.05) is 22.9 Å². The Morgan fingerprint density at radius 2 is 2.00 bits per heavy atom. The van der Waals surface area contributed by atoms with E-state index in [1.807, 2.05) is 0 Å². The largest absolute Gasteiger partial charge is 0.420 e. The van der Waals surface area contributed by atoms with Crippen LogP contribution in [0.15, 0.2) is 0 Å². The molecule has 0 saturated heterocycles. The van der Waals surface area contributed by atoms with Crippen LogP contribution >= 0.6 is 15.9 Å². The van der Waals surface area contributed by atoms with Gasteiger partial charge in [-0.1, -0.05) is 0 Å². The fourth-order valence-corrected chi connectivity index (χ4v) is 0.377. The van der Waals surface area contributed by atoms with Crippen molar-refractivity contribution in [3.05, 3.63) is 0 Å². The summed E-state index contributed by atoms with van der Waals surface area (Å²) in [6, 6.07) is 0. The number of hydrogen-bond acceptors (Lipinski definition) is 3. The molecule has 2 N–H and O–H groups in total. The summed E-state index contributed by atoms with van der Waals surface area (Å²) in [5.74, 6) is 0.0156. The van der Waals surface area contributed by atoms with Gasteiger partial charge in [-0.05, 0) is 0 Å². The Morgan fingerprint density at radius 1 is 1.57 bits per heavy atom. The molecule has 0 aromatic heterocycles. The van der Waals surface area contributed by atoms with Gasteiger partial charge in [0.2, 0.25) is 0 Å². The first-order valence-electron chi connectivity index (χ1n) is 1.60. The summed E-state index contributed by atoms with van der Waals surface area (Å²) in [6.07, 6.45) is 0. The molecule has 0 aromatic carbocycles. The fourth-order valence-electron chi connectivity index (χ4n) is 0.134. The molecule has 0 aliphatic rings. The summed E-state index contributed by atoms with van der Waals surface area (Å²) in [6.45, 7) is 1.45. The van der Waals surface area contributed by atoms with Crippen molar-refractivity contribution in [3.63, 3.8) is 0 Å². The van der Waals surface area contributed by atoms with Crippen LogP contribution in [-0.4, -0.2) is 10.7 Å². The highest BCUT2D eigenvalue weighted by molar-refractivity contribution is 9.18. The smallest absolute Gasteiger partial charge is 0.257 e. The topological polar surface area (TPSA) is 56.9 Å². The summed E-state index contributed by atoms with van der Waals surface area (Å²) in [7, 11) is 0. The van der Waals surface area contributed by atoms with Crippen molar-refractivity contribution in [1.82, 2.24) is 0 Å². The van der Waals surface area contributed by atoms with E-state index in [0.717, 1.165) is 0 Å². The predicted octanol–water partition coefficient (Wildman–Crippen LogP) is 1.33. The van der Waals surface area contributed by atoms with E-state index in [-0.39, 0.29) is 10.7 Å². The molecule has 7 heavy (non-hydrogen) atoms. The standard InChI is InChI=1S/C3H5BrN2O/c1-2(5)7-3(4)6/h5-6H,1H3. The summed E-state index contributed by atoms with van der Waals surface area (Å²) < 4.78 is 4.33. The Bertz CT molecular complexity index is 89.1. The number of ether oxygens (including phenoxy) is 1. The van der Waals surface area contributed by atoms with Gasteiger partial charge in [0.05, 0.1) is 0 Å². The lowest BCUT2D eigenvalue weighted by Gasteiger charge is -1.92. The van der Waals surface area contributed by atoms with E-state index in [1.54, 1.807) is 0 Å². The van der Waals surface area contributed by atoms with Gasteiger partial charge in [-0.15, -0.1) is 0 Å². The summed E-state index contributed by atoms with van der Waals surface area (Å²) in [5, 5.41) is 13.2. The van der Waals surface area contributed by atoms with Crippen LogP contribution in [0.3, 0.4) is 0 Å². The summed E-state index contributed by atoms with van der Waals surface area (Å²) in [4.78, 5) is -0.125. The average molecular weight is 165 g/mol. The Kier molecular flexibility index (Phi) is 2.59. The maximum atomic E-state index is 6.63. The molecule has 0 fully saturated rings. The molecule has 0 aromatic rings. The van der Waals surface area contributed by atoms with Crippen LogP contribution in [0.5, 0.6) is 0 Å². The van der Waals surface area contributed by atoms with Crippen LogP contribution in [0.2, 0.25) is 0 Å². The van der Waals surface area contributed by atoms with Gasteiger partial charge in [-0.3, -0.25) is 10.8 Å². The van der Waals surface area contributed by atoms with E-state index in [1.165, 1.54) is 6.92 Å². The van der Waals surface area contributed by atoms with Crippen molar-refractivity contribution in [2.45, 2.75) is 6.92 Å². The lowest BCUT2D eigenvalue weighted by Crippen LogP contribution is -1.98. The van der Waals surface area contributed by atoms with Gasteiger partial charge in [0.25, 0.3) is 4.81 Å². The fraction of sp³-hybridized carbons (Fsp3) is 0.333. The van der Waals surface area contributed by atoms with Crippen molar-refractivity contribution in [3.8, 4) is 0 Å². The molecule has 0 amide bonds. The summed E-state index contributed by atoms with van der Waals surface area (Å²) in [5.41, 5.74) is 0. The maximum absolute atomic E-state index is 6.63. The van der Waals surface area contributed by atoms with Crippen molar-refractivity contribution in [1.29, 1.82) is 10.8 Å². The van der Waals surface area contributed by atoms with E-state index < -0.39 is 0 Å². The zero-order valence-corrected chi connectivity index (χ0v) is 5.37. The Labute approximate surface area is 49.8 Å². The third-order valence-electron chi connectivity index (χ3n) is 0.243. The number of nitrogens with one attached hydrogen (secondary N) is 2. The highest BCUT2D eigenvalue weighted by atomic mass is 79.9. The van der Waals surface area contributed by atoms with Gasteiger partial charge in [-0.2, -0.15) is 0 Å². The van der Waals surface area contributed by atoms with Crippen LogP contribution in [0.1, 0.15) is 6.92 Å². The maximum Gasteiger partial charge on any atom is 0.257 e. The number of halogens is 1. The SMILES string of the molecule is CC(=N)OC(=N)Br. The van der Waals surface area contributed by atoms with E-state index in [4.69, 9.17) is 10.8 Å². The molecule has 4 heteroatoms. The predicted molar refractivity (Wildman–Crippen MR) is 31.1 cm³/mol. The molecule has 0 heterocycles. The lowest BCUT2D eigenvalue weighted by molar-refractivity contribution is 0.548. The highest BCUT2D eigenvalue weighted by Gasteiger charge is 1.87. The molecule has 40 valence electrons. The number of hydrogen-bond donors (Lipinski definition) is 2. The van der Waals surface area contributed by atoms with Gasteiger partial charge in [0.15, 0.2) is 5.90 Å². The zero-order valence-electron chi connectivity index (χ0n) is 3.79. The molecule has 0 spiro atoms. The van der Waals surface area contributed by atoms with Crippen LogP contribution in [0.25, 0.3) is 0 Å². The van der Waals surface area contributed by atoms with Crippen LogP contribution in [-0.2, 0) is 4.74 Å². The molecular weight excluding hydrogens is 160 g/mol. The molecule has 0 saturated carbocycles. The van der Waals surface area contributed by atoms with Crippen LogP contribution in [0.4, 0.5) is 0 Å². The van der Waals surface area contributed by atoms with E-state index >= 15 is 0 Å². The van der Waals surface area contributed by atoms with Crippen molar-refractivity contribution in [2.75, 3.05) is 0 Å².